The molecule has 0 aliphatic carbocycles. The number of carboxylic acids is 1. The van der Waals surface area contributed by atoms with E-state index in [9.17, 15) is 19.5 Å². The average Bonchev–Trinajstić information content (AvgIpc) is 2.76. The molecule has 1 aromatic rings. The Bertz CT molecular complexity index is 632. The van der Waals surface area contributed by atoms with Crippen molar-refractivity contribution in [3.05, 3.63) is 34.9 Å². The third-order valence-electron chi connectivity index (χ3n) is 5.54. The number of hydrogen-bond acceptors (Lipinski definition) is 4. The quantitative estimate of drug-likeness (QED) is 0.150. The van der Waals surface area contributed by atoms with Crippen LogP contribution in [0.3, 0.4) is 0 Å². The summed E-state index contributed by atoms with van der Waals surface area (Å²) in [7, 11) is 0. The molecule has 1 rings (SSSR count). The highest BCUT2D eigenvalue weighted by Crippen LogP contribution is 2.20. The third kappa shape index (κ3) is 10.6. The van der Waals surface area contributed by atoms with Gasteiger partial charge in [0.15, 0.2) is 5.78 Å². The second-order valence-electron chi connectivity index (χ2n) is 8.23. The van der Waals surface area contributed by atoms with Crippen LogP contribution in [0.15, 0.2) is 18.2 Å². The summed E-state index contributed by atoms with van der Waals surface area (Å²) in [6.45, 7) is 4.60. The second kappa shape index (κ2) is 16.5. The van der Waals surface area contributed by atoms with Crippen molar-refractivity contribution in [1.29, 1.82) is 0 Å². The van der Waals surface area contributed by atoms with Crippen molar-refractivity contribution in [3.63, 3.8) is 0 Å². The van der Waals surface area contributed by atoms with E-state index in [4.69, 9.17) is 4.74 Å². The van der Waals surface area contributed by atoms with E-state index in [2.05, 4.69) is 13.8 Å². The molecule has 0 saturated heterocycles. The zero-order chi connectivity index (χ0) is 22.9. The Morgan fingerprint density at radius 2 is 1.26 bits per heavy atom. The largest absolute Gasteiger partial charge is 0.478 e. The van der Waals surface area contributed by atoms with Crippen molar-refractivity contribution in [1.82, 2.24) is 0 Å². The van der Waals surface area contributed by atoms with Crippen molar-refractivity contribution in [2.75, 3.05) is 6.61 Å². The fourth-order valence-corrected chi connectivity index (χ4v) is 3.69. The van der Waals surface area contributed by atoms with Gasteiger partial charge in [-0.2, -0.15) is 0 Å². The van der Waals surface area contributed by atoms with Gasteiger partial charge in [0.1, 0.15) is 0 Å². The first-order valence-corrected chi connectivity index (χ1v) is 12.1. The van der Waals surface area contributed by atoms with Crippen LogP contribution in [0.5, 0.6) is 0 Å². The zero-order valence-corrected chi connectivity index (χ0v) is 19.4. The summed E-state index contributed by atoms with van der Waals surface area (Å²) in [4.78, 5) is 37.0. The first-order valence-electron chi connectivity index (χ1n) is 12.1. The van der Waals surface area contributed by atoms with Crippen LogP contribution in [-0.2, 0) is 4.74 Å². The van der Waals surface area contributed by atoms with Crippen LogP contribution in [0.1, 0.15) is 135 Å². The van der Waals surface area contributed by atoms with Gasteiger partial charge in [-0.15, -0.1) is 0 Å². The van der Waals surface area contributed by atoms with E-state index in [1.165, 1.54) is 57.1 Å². The Balaban J connectivity index is 2.61. The highest BCUT2D eigenvalue weighted by molar-refractivity contribution is 6.11. The van der Waals surface area contributed by atoms with Crippen LogP contribution in [0.25, 0.3) is 0 Å². The molecule has 0 bridgehead atoms. The van der Waals surface area contributed by atoms with Crippen molar-refractivity contribution in [2.24, 2.45) is 0 Å². The summed E-state index contributed by atoms with van der Waals surface area (Å²) in [5, 5.41) is 9.67. The van der Waals surface area contributed by atoms with Gasteiger partial charge in [0, 0.05) is 12.0 Å². The maximum absolute atomic E-state index is 12.7. The van der Waals surface area contributed by atoms with Gasteiger partial charge in [-0.3, -0.25) is 4.79 Å². The Kier molecular flexibility index (Phi) is 14.3. The maximum atomic E-state index is 12.7. The van der Waals surface area contributed by atoms with Crippen molar-refractivity contribution >= 4 is 17.7 Å². The lowest BCUT2D eigenvalue weighted by Gasteiger charge is -2.11. The van der Waals surface area contributed by atoms with E-state index >= 15 is 0 Å². The topological polar surface area (TPSA) is 80.7 Å². The highest BCUT2D eigenvalue weighted by atomic mass is 16.5. The molecule has 0 radical (unpaired) electrons. The van der Waals surface area contributed by atoms with E-state index < -0.39 is 11.9 Å². The predicted molar refractivity (Wildman–Crippen MR) is 124 cm³/mol. The Hall–Kier alpha value is -2.17. The molecule has 0 spiro atoms. The molecule has 0 atom stereocenters. The number of carbonyl (C=O) groups excluding carboxylic acids is 2. The van der Waals surface area contributed by atoms with Crippen molar-refractivity contribution in [3.8, 4) is 0 Å². The first kappa shape index (κ1) is 26.9. The number of rotatable bonds is 18. The molecule has 1 N–H and O–H groups in total. The number of ketones is 1. The van der Waals surface area contributed by atoms with Gasteiger partial charge in [0.25, 0.3) is 0 Å². The molecule has 0 unspecified atom stereocenters. The monoisotopic (exact) mass is 432 g/mol. The van der Waals surface area contributed by atoms with Gasteiger partial charge < -0.3 is 9.84 Å². The van der Waals surface area contributed by atoms with E-state index in [0.717, 1.165) is 38.5 Å². The van der Waals surface area contributed by atoms with Crippen molar-refractivity contribution in [2.45, 2.75) is 104 Å². The number of aromatic carboxylic acids is 1. The van der Waals surface area contributed by atoms with Gasteiger partial charge in [0.2, 0.25) is 0 Å². The maximum Gasteiger partial charge on any atom is 0.339 e. The molecule has 0 amide bonds. The molecule has 5 nitrogen and oxygen atoms in total. The third-order valence-corrected chi connectivity index (χ3v) is 5.54. The lowest BCUT2D eigenvalue weighted by Crippen LogP contribution is -2.17. The summed E-state index contributed by atoms with van der Waals surface area (Å²) in [5.41, 5.74) is -0.167. The van der Waals surface area contributed by atoms with Crippen LogP contribution in [0, 0.1) is 0 Å². The number of carbonyl (C=O) groups is 3. The molecule has 0 aliphatic rings. The van der Waals surface area contributed by atoms with Crippen LogP contribution < -0.4 is 0 Å². The van der Waals surface area contributed by atoms with Crippen LogP contribution in [-0.4, -0.2) is 29.4 Å². The van der Waals surface area contributed by atoms with E-state index in [1.54, 1.807) is 6.07 Å². The fraction of sp³-hybridized carbons (Fsp3) is 0.654. The summed E-state index contributed by atoms with van der Waals surface area (Å²) >= 11 is 0. The summed E-state index contributed by atoms with van der Waals surface area (Å²) in [5.74, 6) is -2.16. The SMILES string of the molecule is CCCCCCCCCC(=O)c1cccc(C(=O)OCCCCCCCC)c1C(=O)O. The Morgan fingerprint density at radius 1 is 0.742 bits per heavy atom. The summed E-state index contributed by atoms with van der Waals surface area (Å²) in [6.07, 6.45) is 14.3. The van der Waals surface area contributed by atoms with Gasteiger partial charge >= 0.3 is 11.9 Å². The molecule has 174 valence electrons. The smallest absolute Gasteiger partial charge is 0.339 e. The minimum Gasteiger partial charge on any atom is -0.478 e. The summed E-state index contributed by atoms with van der Waals surface area (Å²) < 4.78 is 5.29. The number of esters is 1. The lowest BCUT2D eigenvalue weighted by molar-refractivity contribution is 0.0487. The minimum absolute atomic E-state index is 0.0381. The molecule has 5 heteroatoms. The predicted octanol–water partition coefficient (Wildman–Crippen LogP) is 7.23. The molecule has 0 heterocycles. The standard InChI is InChI=1S/C26H40O5/c1-3-5-7-9-11-12-14-19-23(27)21-17-16-18-22(24(21)25(28)29)26(30)31-20-15-13-10-8-6-4-2/h16-18H,3-15,19-20H2,1-2H3,(H,28,29). The molecule has 0 fully saturated rings. The molecule has 0 aromatic heterocycles. The first-order chi connectivity index (χ1) is 15.0. The van der Waals surface area contributed by atoms with Gasteiger partial charge in [-0.1, -0.05) is 96.6 Å². The molecule has 31 heavy (non-hydrogen) atoms. The molecule has 1 aromatic carbocycles. The van der Waals surface area contributed by atoms with Gasteiger partial charge in [-0.05, 0) is 18.9 Å². The molecular weight excluding hydrogens is 392 g/mol. The summed E-state index contributed by atoms with van der Waals surface area (Å²) in [6, 6.07) is 4.49. The zero-order valence-electron chi connectivity index (χ0n) is 19.4. The highest BCUT2D eigenvalue weighted by Gasteiger charge is 2.24. The number of hydrogen-bond donors (Lipinski definition) is 1. The lowest BCUT2D eigenvalue weighted by atomic mass is 9.95. The number of carboxylic acid groups (broad SMARTS) is 1. The van der Waals surface area contributed by atoms with Crippen LogP contribution in [0.2, 0.25) is 0 Å². The van der Waals surface area contributed by atoms with E-state index in [-0.39, 0.29) is 29.1 Å². The number of Topliss-reactive ketones (excluding diaryl/α,β-unsaturated/α-hetero) is 1. The van der Waals surface area contributed by atoms with Crippen LogP contribution >= 0.6 is 0 Å². The molecule has 0 aliphatic heterocycles. The number of unbranched alkanes of at least 4 members (excludes halogenated alkanes) is 11. The Morgan fingerprint density at radius 3 is 1.84 bits per heavy atom. The normalized spacial score (nSPS) is 10.8. The number of benzene rings is 1. The van der Waals surface area contributed by atoms with E-state index in [0.29, 0.717) is 6.42 Å². The minimum atomic E-state index is -1.27. The Labute approximate surface area is 187 Å². The average molecular weight is 433 g/mol. The molecule has 0 saturated carbocycles. The molecular formula is C26H40O5. The van der Waals surface area contributed by atoms with Gasteiger partial charge in [0.05, 0.1) is 17.7 Å². The fourth-order valence-electron chi connectivity index (χ4n) is 3.69. The van der Waals surface area contributed by atoms with Gasteiger partial charge in [-0.25, -0.2) is 9.59 Å². The van der Waals surface area contributed by atoms with Crippen LogP contribution in [0.4, 0.5) is 0 Å². The van der Waals surface area contributed by atoms with Crippen molar-refractivity contribution < 1.29 is 24.2 Å². The second-order valence-corrected chi connectivity index (χ2v) is 8.23. The number of ether oxygens (including phenoxy) is 1. The van der Waals surface area contributed by atoms with E-state index in [1.807, 2.05) is 0 Å².